The molecule has 0 unspecified atom stereocenters. The molecule has 1 atom stereocenters. The number of nitrogens with zero attached hydrogens (tertiary/aromatic N) is 1. The van der Waals surface area contributed by atoms with Crippen LogP contribution in [0, 0.1) is 0 Å². The van der Waals surface area contributed by atoms with Crippen molar-refractivity contribution >= 4 is 27.8 Å². The lowest BCUT2D eigenvalue weighted by atomic mass is 9.99. The van der Waals surface area contributed by atoms with Crippen molar-refractivity contribution in [3.05, 3.63) is 70.2 Å². The van der Waals surface area contributed by atoms with Crippen LogP contribution in [-0.4, -0.2) is 28.4 Å². The number of carboxylic acid groups (broad SMARTS) is 1. The monoisotopic (exact) mass is 389 g/mol. The number of rotatable bonds is 7. The molecule has 2 aromatic rings. The summed E-state index contributed by atoms with van der Waals surface area (Å²) >= 11 is 3.42. The second kappa shape index (κ2) is 8.64. The Kier molecular flexibility index (Phi) is 6.55. The predicted octanol–water partition coefficient (Wildman–Crippen LogP) is 4.06. The van der Waals surface area contributed by atoms with Crippen LogP contribution in [0.25, 0.3) is 0 Å². The fourth-order valence-corrected chi connectivity index (χ4v) is 2.96. The molecule has 0 fully saturated rings. The summed E-state index contributed by atoms with van der Waals surface area (Å²) in [4.78, 5) is 25.4. The van der Waals surface area contributed by atoms with Crippen molar-refractivity contribution < 1.29 is 14.7 Å². The minimum Gasteiger partial charge on any atom is -0.481 e. The zero-order valence-electron chi connectivity index (χ0n) is 13.5. The molecule has 24 heavy (non-hydrogen) atoms. The lowest BCUT2D eigenvalue weighted by Crippen LogP contribution is -2.35. The zero-order valence-corrected chi connectivity index (χ0v) is 15.1. The van der Waals surface area contributed by atoms with Crippen molar-refractivity contribution in [3.8, 4) is 0 Å². The summed E-state index contributed by atoms with van der Waals surface area (Å²) in [7, 11) is 0. The van der Waals surface area contributed by atoms with Crippen LogP contribution in [0.4, 0.5) is 0 Å². The summed E-state index contributed by atoms with van der Waals surface area (Å²) in [5.74, 6) is -1.29. The first-order chi connectivity index (χ1) is 11.5. The molecule has 126 valence electrons. The molecule has 1 N–H and O–H groups in total. The maximum absolute atomic E-state index is 12.9. The van der Waals surface area contributed by atoms with E-state index in [0.29, 0.717) is 6.54 Å². The lowest BCUT2D eigenvalue weighted by molar-refractivity contribution is -0.139. The van der Waals surface area contributed by atoms with Gasteiger partial charge in [-0.15, -0.1) is 0 Å². The smallest absolute Gasteiger partial charge is 0.305 e. The van der Waals surface area contributed by atoms with Crippen molar-refractivity contribution in [2.45, 2.75) is 25.8 Å². The first-order valence-corrected chi connectivity index (χ1v) is 8.56. The molecule has 2 aromatic carbocycles. The largest absolute Gasteiger partial charge is 0.481 e. The van der Waals surface area contributed by atoms with Gasteiger partial charge in [0.15, 0.2) is 0 Å². The molecule has 0 heterocycles. The van der Waals surface area contributed by atoms with Crippen molar-refractivity contribution in [3.63, 3.8) is 0 Å². The van der Waals surface area contributed by atoms with E-state index in [1.54, 1.807) is 4.90 Å². The van der Waals surface area contributed by atoms with Crippen LogP contribution < -0.4 is 0 Å². The second-order valence-corrected chi connectivity index (χ2v) is 6.58. The quantitative estimate of drug-likeness (QED) is 0.776. The highest BCUT2D eigenvalue weighted by molar-refractivity contribution is 9.10. The Hall–Kier alpha value is -2.14. The summed E-state index contributed by atoms with van der Waals surface area (Å²) < 4.78 is 0.932. The van der Waals surface area contributed by atoms with E-state index in [2.05, 4.69) is 15.9 Å². The van der Waals surface area contributed by atoms with Gasteiger partial charge in [0, 0.05) is 17.6 Å². The maximum Gasteiger partial charge on any atom is 0.305 e. The van der Waals surface area contributed by atoms with Crippen LogP contribution in [0.5, 0.6) is 0 Å². The highest BCUT2D eigenvalue weighted by atomic mass is 79.9. The predicted molar refractivity (Wildman–Crippen MR) is 96.7 cm³/mol. The van der Waals surface area contributed by atoms with E-state index < -0.39 is 5.97 Å². The molecule has 0 aromatic heterocycles. The highest BCUT2D eigenvalue weighted by Crippen LogP contribution is 2.20. The van der Waals surface area contributed by atoms with E-state index >= 15 is 0 Å². The molecule has 0 aliphatic rings. The first-order valence-electron chi connectivity index (χ1n) is 7.77. The highest BCUT2D eigenvalue weighted by Gasteiger charge is 2.22. The van der Waals surface area contributed by atoms with E-state index in [4.69, 9.17) is 5.11 Å². The third-order valence-electron chi connectivity index (χ3n) is 3.84. The van der Waals surface area contributed by atoms with Crippen LogP contribution in [0.3, 0.4) is 0 Å². The van der Waals surface area contributed by atoms with Crippen LogP contribution in [0.1, 0.15) is 30.4 Å². The summed E-state index contributed by atoms with van der Waals surface area (Å²) in [6, 6.07) is 17.2. The van der Waals surface area contributed by atoms with Crippen molar-refractivity contribution in [2.24, 2.45) is 0 Å². The van der Waals surface area contributed by atoms with E-state index in [-0.39, 0.29) is 24.8 Å². The average Bonchev–Trinajstić information content (AvgIpc) is 2.58. The number of benzene rings is 2. The fraction of sp³-hybridized carbons (Fsp3) is 0.263. The van der Waals surface area contributed by atoms with Gasteiger partial charge in [-0.2, -0.15) is 0 Å². The second-order valence-electron chi connectivity index (χ2n) is 5.67. The topological polar surface area (TPSA) is 57.6 Å². The molecular formula is C19H20BrNO3. The number of carbonyl (C=O) groups excluding carboxylic acids is 1. The molecule has 0 aliphatic carbocycles. The Labute approximate surface area is 150 Å². The van der Waals surface area contributed by atoms with E-state index in [1.807, 2.05) is 61.5 Å². The van der Waals surface area contributed by atoms with Crippen molar-refractivity contribution in [1.29, 1.82) is 0 Å². The number of halogens is 1. The minimum atomic E-state index is -0.908. The Morgan fingerprint density at radius 1 is 1.12 bits per heavy atom. The molecule has 0 aliphatic heterocycles. The molecule has 5 heteroatoms. The number of hydrogen-bond acceptors (Lipinski definition) is 2. The number of aliphatic carboxylic acids is 1. The third kappa shape index (κ3) is 5.20. The summed E-state index contributed by atoms with van der Waals surface area (Å²) in [5, 5.41) is 8.96. The van der Waals surface area contributed by atoms with Gasteiger partial charge < -0.3 is 10.0 Å². The Morgan fingerprint density at radius 3 is 2.46 bits per heavy atom. The van der Waals surface area contributed by atoms with Gasteiger partial charge in [0.2, 0.25) is 5.91 Å². The zero-order chi connectivity index (χ0) is 17.5. The van der Waals surface area contributed by atoms with Crippen LogP contribution in [0.2, 0.25) is 0 Å². The summed E-state index contributed by atoms with van der Waals surface area (Å²) in [6.45, 7) is 2.44. The average molecular weight is 390 g/mol. The van der Waals surface area contributed by atoms with Crippen LogP contribution in [0.15, 0.2) is 59.1 Å². The standard InChI is InChI=1S/C19H20BrNO3/c1-14(16-7-3-2-4-8-16)19(24)21(11-10-18(22)23)13-15-6-5-9-17(20)12-15/h2-9,12,14H,10-11,13H2,1H3,(H,22,23)/t14-/m0/s1. The molecule has 2 rings (SSSR count). The van der Waals surface area contributed by atoms with Crippen LogP contribution >= 0.6 is 15.9 Å². The van der Waals surface area contributed by atoms with Gasteiger partial charge in [0.05, 0.1) is 12.3 Å². The van der Waals surface area contributed by atoms with E-state index in [1.165, 1.54) is 0 Å². The maximum atomic E-state index is 12.9. The van der Waals surface area contributed by atoms with Gasteiger partial charge in [0.1, 0.15) is 0 Å². The molecule has 0 saturated carbocycles. The lowest BCUT2D eigenvalue weighted by Gasteiger charge is -2.26. The molecule has 4 nitrogen and oxygen atoms in total. The fourth-order valence-electron chi connectivity index (χ4n) is 2.51. The SMILES string of the molecule is C[C@H](C(=O)N(CCC(=O)O)Cc1cccc(Br)c1)c1ccccc1. The Balaban J connectivity index is 2.18. The van der Waals surface area contributed by atoms with Crippen molar-refractivity contribution in [2.75, 3.05) is 6.54 Å². The molecule has 0 radical (unpaired) electrons. The third-order valence-corrected chi connectivity index (χ3v) is 4.33. The van der Waals surface area contributed by atoms with Gasteiger partial charge in [-0.1, -0.05) is 58.4 Å². The normalized spacial score (nSPS) is 11.8. The van der Waals surface area contributed by atoms with Gasteiger partial charge in [-0.25, -0.2) is 0 Å². The molecule has 1 amide bonds. The summed E-state index contributed by atoms with van der Waals surface area (Å²) in [6.07, 6.45) is -0.0682. The molecule has 0 spiro atoms. The molecule has 0 bridgehead atoms. The van der Waals surface area contributed by atoms with Crippen molar-refractivity contribution in [1.82, 2.24) is 4.90 Å². The number of carbonyl (C=O) groups is 2. The molecule has 0 saturated heterocycles. The van der Waals surface area contributed by atoms with Gasteiger partial charge >= 0.3 is 5.97 Å². The number of carboxylic acids is 1. The minimum absolute atomic E-state index is 0.0672. The van der Waals surface area contributed by atoms with E-state index in [0.717, 1.165) is 15.6 Å². The van der Waals surface area contributed by atoms with Gasteiger partial charge in [-0.3, -0.25) is 9.59 Å². The first kappa shape index (κ1) is 18.2. The van der Waals surface area contributed by atoms with Gasteiger partial charge in [0.25, 0.3) is 0 Å². The number of amides is 1. The number of hydrogen-bond donors (Lipinski definition) is 1. The Bertz CT molecular complexity index is 703. The van der Waals surface area contributed by atoms with Gasteiger partial charge in [-0.05, 0) is 30.2 Å². The molecular weight excluding hydrogens is 370 g/mol. The van der Waals surface area contributed by atoms with E-state index in [9.17, 15) is 9.59 Å². The summed E-state index contributed by atoms with van der Waals surface area (Å²) in [5.41, 5.74) is 1.89. The van der Waals surface area contributed by atoms with Crippen LogP contribution in [-0.2, 0) is 16.1 Å². The Morgan fingerprint density at radius 2 is 1.83 bits per heavy atom.